The summed E-state index contributed by atoms with van der Waals surface area (Å²) in [7, 11) is 0. The molecular weight excluding hydrogens is 266 g/mol. The zero-order chi connectivity index (χ0) is 13.4. The van der Waals surface area contributed by atoms with E-state index in [0.717, 1.165) is 12.0 Å². The molecule has 1 fully saturated rings. The van der Waals surface area contributed by atoms with Crippen LogP contribution >= 0.6 is 11.6 Å². The lowest BCUT2D eigenvalue weighted by molar-refractivity contribution is -0.143. The molecule has 1 aliphatic heterocycles. The van der Waals surface area contributed by atoms with Crippen LogP contribution in [-0.2, 0) is 9.53 Å². The Bertz CT molecular complexity index is 543. The van der Waals surface area contributed by atoms with Gasteiger partial charge in [-0.2, -0.15) is 0 Å². The molecule has 0 radical (unpaired) electrons. The smallest absolute Gasteiger partial charge is 0.306 e. The lowest BCUT2D eigenvalue weighted by atomic mass is 9.84. The number of hydrogen-bond donors (Lipinski definition) is 1. The van der Waals surface area contributed by atoms with Crippen molar-refractivity contribution in [3.8, 4) is 0 Å². The first-order valence-electron chi connectivity index (χ1n) is 6.37. The van der Waals surface area contributed by atoms with Gasteiger partial charge in [0.2, 0.25) is 5.90 Å². The van der Waals surface area contributed by atoms with Gasteiger partial charge in [-0.25, -0.2) is 4.99 Å². The number of carboxylic acids is 1. The zero-order valence-electron chi connectivity index (χ0n) is 10.3. The summed E-state index contributed by atoms with van der Waals surface area (Å²) in [6.07, 6.45) is 1.83. The van der Waals surface area contributed by atoms with E-state index >= 15 is 0 Å². The van der Waals surface area contributed by atoms with Crippen LogP contribution in [0.3, 0.4) is 0 Å². The predicted molar refractivity (Wildman–Crippen MR) is 71.6 cm³/mol. The minimum atomic E-state index is -0.742. The molecule has 3 unspecified atom stereocenters. The maximum atomic E-state index is 11.0. The Hall–Kier alpha value is -1.55. The fourth-order valence-corrected chi connectivity index (χ4v) is 2.92. The molecule has 3 atom stereocenters. The fourth-order valence-electron chi connectivity index (χ4n) is 2.70. The van der Waals surface area contributed by atoms with Gasteiger partial charge in [-0.15, -0.1) is 0 Å². The molecule has 1 aliphatic carbocycles. The van der Waals surface area contributed by atoms with Crippen LogP contribution in [0.1, 0.15) is 24.8 Å². The van der Waals surface area contributed by atoms with Crippen molar-refractivity contribution in [1.82, 2.24) is 0 Å². The van der Waals surface area contributed by atoms with Crippen LogP contribution in [0.2, 0.25) is 5.02 Å². The first-order valence-corrected chi connectivity index (χ1v) is 6.75. The molecule has 19 heavy (non-hydrogen) atoms. The number of carbonyl (C=O) groups is 1. The largest absolute Gasteiger partial charge is 0.481 e. The van der Waals surface area contributed by atoms with Gasteiger partial charge in [0.25, 0.3) is 0 Å². The van der Waals surface area contributed by atoms with Gasteiger partial charge in [-0.05, 0) is 31.4 Å². The van der Waals surface area contributed by atoms with Crippen molar-refractivity contribution in [3.05, 3.63) is 34.9 Å². The van der Waals surface area contributed by atoms with Gasteiger partial charge in [-0.3, -0.25) is 4.79 Å². The molecule has 2 aliphatic rings. The van der Waals surface area contributed by atoms with E-state index < -0.39 is 5.97 Å². The van der Waals surface area contributed by atoms with E-state index in [4.69, 9.17) is 21.4 Å². The summed E-state index contributed by atoms with van der Waals surface area (Å²) in [5, 5.41) is 9.68. The highest BCUT2D eigenvalue weighted by atomic mass is 35.5. The molecule has 1 saturated carbocycles. The van der Waals surface area contributed by atoms with Crippen LogP contribution in [-0.4, -0.2) is 29.1 Å². The van der Waals surface area contributed by atoms with Crippen molar-refractivity contribution >= 4 is 23.5 Å². The fraction of sp³-hybridized carbons (Fsp3) is 0.429. The van der Waals surface area contributed by atoms with Gasteiger partial charge in [0, 0.05) is 0 Å². The third kappa shape index (κ3) is 2.32. The second-order valence-corrected chi connectivity index (χ2v) is 5.39. The van der Waals surface area contributed by atoms with E-state index in [0.29, 0.717) is 23.8 Å². The average Bonchev–Trinajstić information content (AvgIpc) is 2.81. The molecule has 1 aromatic rings. The summed E-state index contributed by atoms with van der Waals surface area (Å²) in [5.41, 5.74) is 0.783. The molecule has 3 rings (SSSR count). The Labute approximate surface area is 116 Å². The minimum Gasteiger partial charge on any atom is -0.481 e. The van der Waals surface area contributed by atoms with E-state index in [9.17, 15) is 4.79 Å². The Morgan fingerprint density at radius 3 is 2.89 bits per heavy atom. The topological polar surface area (TPSA) is 58.9 Å². The van der Waals surface area contributed by atoms with Crippen molar-refractivity contribution in [2.24, 2.45) is 10.9 Å². The number of hydrogen-bond acceptors (Lipinski definition) is 3. The molecule has 1 aromatic carbocycles. The first kappa shape index (κ1) is 12.5. The standard InChI is InChI=1S/C14H14ClNO3/c15-10-4-2-1-3-9(10)13-16-11-6-5-8(14(17)18)7-12(11)19-13/h1-4,8,11-12H,5-7H2,(H,17,18). The van der Waals surface area contributed by atoms with Gasteiger partial charge >= 0.3 is 5.97 Å². The summed E-state index contributed by atoms with van der Waals surface area (Å²) in [6.45, 7) is 0. The molecule has 4 nitrogen and oxygen atoms in total. The Kier molecular flexibility index (Phi) is 3.19. The number of fused-ring (bicyclic) bond motifs is 1. The maximum absolute atomic E-state index is 11.0. The SMILES string of the molecule is O=C(O)C1CCC2N=C(c3ccccc3Cl)OC2C1. The first-order chi connectivity index (χ1) is 9.15. The summed E-state index contributed by atoms with van der Waals surface area (Å²) < 4.78 is 5.81. The Morgan fingerprint density at radius 2 is 2.16 bits per heavy atom. The molecule has 1 heterocycles. The van der Waals surface area contributed by atoms with Crippen LogP contribution in [0.15, 0.2) is 29.3 Å². The van der Waals surface area contributed by atoms with Gasteiger partial charge in [0.05, 0.1) is 22.5 Å². The monoisotopic (exact) mass is 279 g/mol. The van der Waals surface area contributed by atoms with E-state index in [1.807, 2.05) is 18.2 Å². The molecule has 0 bridgehead atoms. The van der Waals surface area contributed by atoms with Crippen molar-refractivity contribution in [2.45, 2.75) is 31.4 Å². The highest BCUT2D eigenvalue weighted by Gasteiger charge is 2.39. The molecule has 0 aromatic heterocycles. The quantitative estimate of drug-likeness (QED) is 0.905. The molecule has 100 valence electrons. The van der Waals surface area contributed by atoms with Crippen molar-refractivity contribution in [2.75, 3.05) is 0 Å². The third-order valence-electron chi connectivity index (χ3n) is 3.76. The van der Waals surface area contributed by atoms with Crippen molar-refractivity contribution in [1.29, 1.82) is 0 Å². The molecule has 0 amide bonds. The molecule has 0 saturated heterocycles. The second kappa shape index (κ2) is 4.85. The van der Waals surface area contributed by atoms with E-state index in [1.54, 1.807) is 6.07 Å². The van der Waals surface area contributed by atoms with Gasteiger partial charge in [0.1, 0.15) is 6.10 Å². The Morgan fingerprint density at radius 1 is 1.37 bits per heavy atom. The highest BCUT2D eigenvalue weighted by molar-refractivity contribution is 6.33. The van der Waals surface area contributed by atoms with Gasteiger partial charge in [0.15, 0.2) is 0 Å². The summed E-state index contributed by atoms with van der Waals surface area (Å²) in [6, 6.07) is 7.48. The lowest BCUT2D eigenvalue weighted by Gasteiger charge is -2.26. The molecule has 0 spiro atoms. The number of aliphatic carboxylic acids is 1. The van der Waals surface area contributed by atoms with Gasteiger partial charge < -0.3 is 9.84 Å². The normalized spacial score (nSPS) is 29.3. The summed E-state index contributed by atoms with van der Waals surface area (Å²) in [4.78, 5) is 15.6. The number of benzene rings is 1. The zero-order valence-corrected chi connectivity index (χ0v) is 11.0. The second-order valence-electron chi connectivity index (χ2n) is 4.99. The van der Waals surface area contributed by atoms with E-state index in [-0.39, 0.29) is 18.1 Å². The summed E-state index contributed by atoms with van der Waals surface area (Å²) in [5.74, 6) is -0.512. The van der Waals surface area contributed by atoms with Crippen molar-refractivity contribution < 1.29 is 14.6 Å². The van der Waals surface area contributed by atoms with Gasteiger partial charge in [-0.1, -0.05) is 23.7 Å². The number of carboxylic acid groups (broad SMARTS) is 1. The third-order valence-corrected chi connectivity index (χ3v) is 4.09. The van der Waals surface area contributed by atoms with Crippen LogP contribution < -0.4 is 0 Å². The molecular formula is C14H14ClNO3. The van der Waals surface area contributed by atoms with E-state index in [1.165, 1.54) is 0 Å². The maximum Gasteiger partial charge on any atom is 0.306 e. The van der Waals surface area contributed by atoms with Crippen LogP contribution in [0.4, 0.5) is 0 Å². The number of nitrogens with zero attached hydrogens (tertiary/aromatic N) is 1. The predicted octanol–water partition coefficient (Wildman–Crippen LogP) is 2.74. The number of ether oxygens (including phenoxy) is 1. The van der Waals surface area contributed by atoms with Crippen molar-refractivity contribution in [3.63, 3.8) is 0 Å². The van der Waals surface area contributed by atoms with Crippen LogP contribution in [0.5, 0.6) is 0 Å². The average molecular weight is 280 g/mol. The Balaban J connectivity index is 1.79. The molecule has 5 heteroatoms. The number of aliphatic imine (C=N–C) groups is 1. The number of halogens is 1. The minimum absolute atomic E-state index is 0.0712. The number of rotatable bonds is 2. The lowest BCUT2D eigenvalue weighted by Crippen LogP contribution is -2.34. The molecule has 1 N–H and O–H groups in total. The van der Waals surface area contributed by atoms with Crippen LogP contribution in [0, 0.1) is 5.92 Å². The van der Waals surface area contributed by atoms with E-state index in [2.05, 4.69) is 4.99 Å². The van der Waals surface area contributed by atoms with Crippen LogP contribution in [0.25, 0.3) is 0 Å². The summed E-state index contributed by atoms with van der Waals surface area (Å²) >= 11 is 6.13. The highest BCUT2D eigenvalue weighted by Crippen LogP contribution is 2.34.